The zero-order chi connectivity index (χ0) is 28.2. The van der Waals surface area contributed by atoms with Crippen LogP contribution in [0.1, 0.15) is 51.5 Å². The number of rotatable bonds is 8. The van der Waals surface area contributed by atoms with Crippen LogP contribution in [0.2, 0.25) is 10.0 Å². The van der Waals surface area contributed by atoms with E-state index in [2.05, 4.69) is 10.1 Å². The zero-order valence-electron chi connectivity index (χ0n) is 21.4. The molecule has 2 aromatic carbocycles. The van der Waals surface area contributed by atoms with E-state index in [1.165, 1.54) is 4.90 Å². The van der Waals surface area contributed by atoms with E-state index in [0.29, 0.717) is 27.3 Å². The number of carboxylic acid groups (broad SMARTS) is 1. The van der Waals surface area contributed by atoms with Crippen LogP contribution in [0.25, 0.3) is 5.69 Å². The molecule has 6 rings (SSSR count). The molecule has 2 fully saturated rings. The molecule has 1 aliphatic carbocycles. The molecule has 0 bridgehead atoms. The molecule has 0 unspecified atom stereocenters. The maximum atomic E-state index is 14.4. The second-order valence-corrected chi connectivity index (χ2v) is 11.1. The number of hydrogen-bond donors (Lipinski definition) is 2. The van der Waals surface area contributed by atoms with Crippen LogP contribution < -0.4 is 9.64 Å². The summed E-state index contributed by atoms with van der Waals surface area (Å²) in [6.45, 7) is 2.33. The standard InChI is InChI=1S/C29H25Cl2FN4O4/c1-16-3-2-4-22(30)26(16)36-25(20(12-34-36)17-5-6-17)13-40-19-7-8-21(23(31)10-19)29(39)14-35(15-29)27-24(32)9-18(11-33-27)28(37)38/h2-4,7-12,17,39H,5-6,13-15H2,1H3,(H,37,38). The predicted octanol–water partition coefficient (Wildman–Crippen LogP) is 5.88. The van der Waals surface area contributed by atoms with E-state index in [-0.39, 0.29) is 31.1 Å². The lowest BCUT2D eigenvalue weighted by molar-refractivity contribution is 0.00670. The minimum atomic E-state index is -1.32. The first-order valence-electron chi connectivity index (χ1n) is 12.8. The number of β-amino-alcohol motifs (C(OH)–C–C–N with tert-alkyl or cyclic N) is 1. The van der Waals surface area contributed by atoms with E-state index in [4.69, 9.17) is 33.0 Å². The van der Waals surface area contributed by atoms with Crippen molar-refractivity contribution in [1.82, 2.24) is 14.8 Å². The number of halogens is 3. The lowest BCUT2D eigenvalue weighted by atomic mass is 9.86. The number of hydrogen-bond acceptors (Lipinski definition) is 6. The predicted molar refractivity (Wildman–Crippen MR) is 148 cm³/mol. The fraction of sp³-hybridized carbons (Fsp3) is 0.276. The van der Waals surface area contributed by atoms with Crippen LogP contribution in [0.4, 0.5) is 10.2 Å². The summed E-state index contributed by atoms with van der Waals surface area (Å²) in [6.07, 6.45) is 5.20. The van der Waals surface area contributed by atoms with E-state index < -0.39 is 17.4 Å². The molecular weight excluding hydrogens is 558 g/mol. The van der Waals surface area contributed by atoms with Gasteiger partial charge in [-0.1, -0.05) is 41.4 Å². The molecule has 0 atom stereocenters. The monoisotopic (exact) mass is 582 g/mol. The van der Waals surface area contributed by atoms with Crippen molar-refractivity contribution >= 4 is 35.0 Å². The summed E-state index contributed by atoms with van der Waals surface area (Å²) in [5.41, 5.74) is 2.80. The lowest BCUT2D eigenvalue weighted by Crippen LogP contribution is -2.60. The number of anilines is 1. The Morgan fingerprint density at radius 3 is 2.58 bits per heavy atom. The Bertz CT molecular complexity index is 1610. The van der Waals surface area contributed by atoms with Crippen molar-refractivity contribution in [3.05, 3.63) is 98.7 Å². The number of aromatic carboxylic acids is 1. The molecule has 0 radical (unpaired) electrons. The molecule has 1 aliphatic heterocycles. The van der Waals surface area contributed by atoms with Gasteiger partial charge in [-0.05, 0) is 55.5 Å². The first-order chi connectivity index (χ1) is 19.1. The Morgan fingerprint density at radius 2 is 1.93 bits per heavy atom. The molecule has 11 heteroatoms. The van der Waals surface area contributed by atoms with Gasteiger partial charge in [0.1, 0.15) is 18.0 Å². The van der Waals surface area contributed by atoms with Crippen molar-refractivity contribution in [3.63, 3.8) is 0 Å². The van der Waals surface area contributed by atoms with Crippen molar-refractivity contribution in [2.24, 2.45) is 0 Å². The summed E-state index contributed by atoms with van der Waals surface area (Å²) in [5.74, 6) is -1.08. The quantitative estimate of drug-likeness (QED) is 0.267. The Kier molecular flexibility index (Phi) is 6.68. The smallest absolute Gasteiger partial charge is 0.337 e. The van der Waals surface area contributed by atoms with Crippen molar-refractivity contribution < 1.29 is 24.1 Å². The van der Waals surface area contributed by atoms with E-state index >= 15 is 0 Å². The highest BCUT2D eigenvalue weighted by atomic mass is 35.5. The second-order valence-electron chi connectivity index (χ2n) is 10.3. The number of aryl methyl sites for hydroxylation is 1. The Balaban J connectivity index is 1.19. The Labute approximate surface area is 239 Å². The van der Waals surface area contributed by atoms with Crippen LogP contribution in [0.15, 0.2) is 54.9 Å². The molecule has 0 amide bonds. The van der Waals surface area contributed by atoms with Gasteiger partial charge in [-0.3, -0.25) is 0 Å². The van der Waals surface area contributed by atoms with Gasteiger partial charge in [-0.15, -0.1) is 0 Å². The van der Waals surface area contributed by atoms with Crippen LogP contribution in [0, 0.1) is 12.7 Å². The third kappa shape index (κ3) is 4.78. The van der Waals surface area contributed by atoms with Gasteiger partial charge in [-0.2, -0.15) is 5.10 Å². The summed E-state index contributed by atoms with van der Waals surface area (Å²) in [5, 5.41) is 25.8. The number of para-hydroxylation sites is 1. The van der Waals surface area contributed by atoms with Gasteiger partial charge in [0.2, 0.25) is 0 Å². The third-order valence-corrected chi connectivity index (χ3v) is 8.03. The van der Waals surface area contributed by atoms with E-state index in [1.54, 1.807) is 18.2 Å². The minimum absolute atomic E-state index is 0.0254. The molecule has 0 spiro atoms. The van der Waals surface area contributed by atoms with Crippen LogP contribution >= 0.6 is 23.2 Å². The molecule has 2 aliphatic rings. The molecule has 1 saturated heterocycles. The summed E-state index contributed by atoms with van der Waals surface area (Å²) in [7, 11) is 0. The van der Waals surface area contributed by atoms with Gasteiger partial charge < -0.3 is 19.8 Å². The SMILES string of the molecule is Cc1cccc(Cl)c1-n1ncc(C2CC2)c1COc1ccc(C2(O)CN(c3ncc(C(=O)O)cc3F)C2)c(Cl)c1. The number of benzene rings is 2. The van der Waals surface area contributed by atoms with Crippen LogP contribution in [-0.4, -0.2) is 44.0 Å². The van der Waals surface area contributed by atoms with Gasteiger partial charge >= 0.3 is 5.97 Å². The molecule has 4 aromatic rings. The normalized spacial score (nSPS) is 16.1. The molecule has 3 heterocycles. The van der Waals surface area contributed by atoms with E-state index in [1.807, 2.05) is 36.0 Å². The molecule has 40 heavy (non-hydrogen) atoms. The third-order valence-electron chi connectivity index (χ3n) is 7.41. The van der Waals surface area contributed by atoms with Crippen molar-refractivity contribution in [3.8, 4) is 11.4 Å². The number of aliphatic hydroxyl groups is 1. The first-order valence-corrected chi connectivity index (χ1v) is 13.5. The summed E-state index contributed by atoms with van der Waals surface area (Å²) in [4.78, 5) is 16.5. The topological polar surface area (TPSA) is 101 Å². The number of aromatic nitrogens is 3. The van der Waals surface area contributed by atoms with Crippen molar-refractivity contribution in [2.45, 2.75) is 37.9 Å². The fourth-order valence-corrected chi connectivity index (χ4v) is 5.80. The molecule has 206 valence electrons. The highest BCUT2D eigenvalue weighted by Crippen LogP contribution is 2.43. The van der Waals surface area contributed by atoms with Gasteiger partial charge in [0.05, 0.1) is 46.3 Å². The number of pyridine rings is 1. The summed E-state index contributed by atoms with van der Waals surface area (Å²) < 4.78 is 22.4. The summed E-state index contributed by atoms with van der Waals surface area (Å²) in [6, 6.07) is 11.7. The highest BCUT2D eigenvalue weighted by Gasteiger charge is 2.45. The number of ether oxygens (including phenoxy) is 1. The Hall–Kier alpha value is -3.66. The highest BCUT2D eigenvalue weighted by molar-refractivity contribution is 6.32. The van der Waals surface area contributed by atoms with Crippen molar-refractivity contribution in [2.75, 3.05) is 18.0 Å². The van der Waals surface area contributed by atoms with E-state index in [0.717, 1.165) is 47.6 Å². The van der Waals surface area contributed by atoms with Crippen LogP contribution in [-0.2, 0) is 12.2 Å². The lowest BCUT2D eigenvalue weighted by Gasteiger charge is -2.47. The van der Waals surface area contributed by atoms with Crippen LogP contribution in [0.3, 0.4) is 0 Å². The van der Waals surface area contributed by atoms with E-state index in [9.17, 15) is 14.3 Å². The fourth-order valence-electron chi connectivity index (χ4n) is 5.15. The van der Waals surface area contributed by atoms with Gasteiger partial charge in [0.25, 0.3) is 0 Å². The molecule has 2 N–H and O–H groups in total. The molecule has 8 nitrogen and oxygen atoms in total. The largest absolute Gasteiger partial charge is 0.487 e. The molecule has 2 aromatic heterocycles. The average Bonchev–Trinajstić information content (AvgIpc) is 3.66. The van der Waals surface area contributed by atoms with Crippen molar-refractivity contribution in [1.29, 1.82) is 0 Å². The zero-order valence-corrected chi connectivity index (χ0v) is 23.0. The second kappa shape index (κ2) is 10.1. The average molecular weight is 583 g/mol. The van der Waals surface area contributed by atoms with Gasteiger partial charge in [-0.25, -0.2) is 18.9 Å². The van der Waals surface area contributed by atoms with Gasteiger partial charge in [0, 0.05) is 17.3 Å². The minimum Gasteiger partial charge on any atom is -0.487 e. The summed E-state index contributed by atoms with van der Waals surface area (Å²) >= 11 is 13.1. The van der Waals surface area contributed by atoms with Crippen LogP contribution in [0.5, 0.6) is 5.75 Å². The molecular formula is C29H25Cl2FN4O4. The molecule has 1 saturated carbocycles. The maximum Gasteiger partial charge on any atom is 0.337 e. The number of carbonyl (C=O) groups is 1. The number of carboxylic acids is 1. The number of nitrogens with zero attached hydrogens (tertiary/aromatic N) is 4. The van der Waals surface area contributed by atoms with Gasteiger partial charge in [0.15, 0.2) is 11.6 Å². The maximum absolute atomic E-state index is 14.4. The Morgan fingerprint density at radius 1 is 1.15 bits per heavy atom. The first kappa shape index (κ1) is 26.6.